The van der Waals surface area contributed by atoms with Gasteiger partial charge in [0.1, 0.15) is 5.82 Å². The summed E-state index contributed by atoms with van der Waals surface area (Å²) in [6.45, 7) is 0.151. The lowest BCUT2D eigenvalue weighted by atomic mass is 10.2. The average molecular weight is 321 g/mol. The summed E-state index contributed by atoms with van der Waals surface area (Å²) in [5, 5.41) is 17.2. The van der Waals surface area contributed by atoms with Crippen LogP contribution >= 0.6 is 22.7 Å². The molecule has 3 rings (SSSR count). The van der Waals surface area contributed by atoms with Gasteiger partial charge in [-0.2, -0.15) is 11.3 Å². The number of fused-ring (bicyclic) bond motifs is 1. The standard InChI is InChI=1S/C15H12FNO2S2/c16-11-2-1-9-5-14(21-13(9)6-11)15(19)17-7-12(18)10-3-4-20-8-10/h1-6,8,12,18H,7H2,(H,17,19). The van der Waals surface area contributed by atoms with Crippen LogP contribution in [0.25, 0.3) is 10.1 Å². The molecule has 0 radical (unpaired) electrons. The third-order valence-corrected chi connectivity index (χ3v) is 4.89. The SMILES string of the molecule is O=C(NCC(O)c1ccsc1)c1cc2ccc(F)cc2s1. The Balaban J connectivity index is 1.69. The largest absolute Gasteiger partial charge is 0.387 e. The van der Waals surface area contributed by atoms with E-state index in [1.54, 1.807) is 12.1 Å². The van der Waals surface area contributed by atoms with Gasteiger partial charge in [0, 0.05) is 11.2 Å². The van der Waals surface area contributed by atoms with Crippen LogP contribution < -0.4 is 5.32 Å². The molecule has 1 unspecified atom stereocenters. The molecule has 0 aliphatic carbocycles. The van der Waals surface area contributed by atoms with E-state index >= 15 is 0 Å². The van der Waals surface area contributed by atoms with E-state index in [0.717, 1.165) is 15.6 Å². The number of rotatable bonds is 4. The predicted octanol–water partition coefficient (Wildman–Crippen LogP) is 3.57. The second-order valence-electron chi connectivity index (χ2n) is 4.58. The van der Waals surface area contributed by atoms with Crippen molar-refractivity contribution in [2.45, 2.75) is 6.10 Å². The number of benzene rings is 1. The molecule has 0 fully saturated rings. The summed E-state index contributed by atoms with van der Waals surface area (Å²) in [4.78, 5) is 12.6. The van der Waals surface area contributed by atoms with Crippen molar-refractivity contribution in [2.75, 3.05) is 6.54 Å². The first-order chi connectivity index (χ1) is 10.1. The smallest absolute Gasteiger partial charge is 0.261 e. The van der Waals surface area contributed by atoms with E-state index in [0.29, 0.717) is 4.88 Å². The Labute approximate surface area is 128 Å². The van der Waals surface area contributed by atoms with E-state index in [-0.39, 0.29) is 18.3 Å². The van der Waals surface area contributed by atoms with Gasteiger partial charge in [-0.15, -0.1) is 11.3 Å². The van der Waals surface area contributed by atoms with E-state index in [1.807, 2.05) is 16.8 Å². The molecule has 3 aromatic rings. The van der Waals surface area contributed by atoms with Crippen LogP contribution in [0, 0.1) is 5.82 Å². The molecule has 1 aromatic carbocycles. The molecule has 1 amide bonds. The lowest BCUT2D eigenvalue weighted by molar-refractivity contribution is 0.0920. The van der Waals surface area contributed by atoms with E-state index in [4.69, 9.17) is 0 Å². The highest BCUT2D eigenvalue weighted by Crippen LogP contribution is 2.26. The molecule has 2 heterocycles. The zero-order chi connectivity index (χ0) is 14.8. The van der Waals surface area contributed by atoms with Crippen LogP contribution in [-0.4, -0.2) is 17.6 Å². The molecule has 1 atom stereocenters. The Morgan fingerprint density at radius 3 is 2.95 bits per heavy atom. The molecule has 21 heavy (non-hydrogen) atoms. The van der Waals surface area contributed by atoms with Crippen molar-refractivity contribution >= 4 is 38.7 Å². The number of nitrogens with one attached hydrogen (secondary N) is 1. The van der Waals surface area contributed by atoms with Crippen LogP contribution in [-0.2, 0) is 0 Å². The quantitative estimate of drug-likeness (QED) is 0.772. The summed E-state index contributed by atoms with van der Waals surface area (Å²) in [5.41, 5.74) is 0.790. The summed E-state index contributed by atoms with van der Waals surface area (Å²) in [6, 6.07) is 7.99. The molecular formula is C15H12FNO2S2. The highest BCUT2D eigenvalue weighted by atomic mass is 32.1. The highest BCUT2D eigenvalue weighted by Gasteiger charge is 2.13. The van der Waals surface area contributed by atoms with E-state index < -0.39 is 6.10 Å². The van der Waals surface area contributed by atoms with Crippen molar-refractivity contribution in [1.29, 1.82) is 0 Å². The Morgan fingerprint density at radius 2 is 2.19 bits per heavy atom. The zero-order valence-electron chi connectivity index (χ0n) is 10.9. The topological polar surface area (TPSA) is 49.3 Å². The van der Waals surface area contributed by atoms with Gasteiger partial charge in [-0.3, -0.25) is 4.79 Å². The van der Waals surface area contributed by atoms with Crippen LogP contribution in [0.5, 0.6) is 0 Å². The number of thiophene rings is 2. The Hall–Kier alpha value is -1.76. The van der Waals surface area contributed by atoms with Crippen molar-refractivity contribution in [2.24, 2.45) is 0 Å². The fourth-order valence-electron chi connectivity index (χ4n) is 1.98. The summed E-state index contributed by atoms with van der Waals surface area (Å²) in [5.74, 6) is -0.574. The normalized spacial score (nSPS) is 12.5. The minimum atomic E-state index is -0.716. The number of halogens is 1. The maximum atomic E-state index is 13.1. The summed E-state index contributed by atoms with van der Waals surface area (Å²) < 4.78 is 13.9. The molecule has 0 aliphatic heterocycles. The second-order valence-corrected chi connectivity index (χ2v) is 6.44. The minimum Gasteiger partial charge on any atom is -0.387 e. The molecule has 108 valence electrons. The number of carbonyl (C=O) groups excluding carboxylic acids is 1. The molecule has 3 nitrogen and oxygen atoms in total. The summed E-state index contributed by atoms with van der Waals surface area (Å²) in [7, 11) is 0. The molecule has 0 saturated heterocycles. The van der Waals surface area contributed by atoms with Crippen molar-refractivity contribution in [3.05, 3.63) is 57.3 Å². The Morgan fingerprint density at radius 1 is 1.33 bits per heavy atom. The zero-order valence-corrected chi connectivity index (χ0v) is 12.5. The average Bonchev–Trinajstić information content (AvgIpc) is 3.12. The van der Waals surface area contributed by atoms with Gasteiger partial charge >= 0.3 is 0 Å². The lowest BCUT2D eigenvalue weighted by Gasteiger charge is -2.09. The van der Waals surface area contributed by atoms with Crippen LogP contribution in [0.4, 0.5) is 4.39 Å². The van der Waals surface area contributed by atoms with Gasteiger partial charge < -0.3 is 10.4 Å². The van der Waals surface area contributed by atoms with E-state index in [9.17, 15) is 14.3 Å². The second kappa shape index (κ2) is 5.93. The summed E-state index contributed by atoms with van der Waals surface area (Å²) >= 11 is 2.73. The number of amides is 1. The van der Waals surface area contributed by atoms with Crippen molar-refractivity contribution in [3.8, 4) is 0 Å². The number of hydrogen-bond donors (Lipinski definition) is 2. The minimum absolute atomic E-state index is 0.151. The van der Waals surface area contributed by atoms with Crippen LogP contribution in [0.2, 0.25) is 0 Å². The lowest BCUT2D eigenvalue weighted by Crippen LogP contribution is -2.27. The first-order valence-corrected chi connectivity index (χ1v) is 8.07. The Bertz CT molecular complexity index is 767. The first-order valence-electron chi connectivity index (χ1n) is 6.31. The van der Waals surface area contributed by atoms with Gasteiger partial charge in [0.15, 0.2) is 0 Å². The van der Waals surface area contributed by atoms with Gasteiger partial charge in [-0.1, -0.05) is 6.07 Å². The summed E-state index contributed by atoms with van der Waals surface area (Å²) in [6.07, 6.45) is -0.716. The van der Waals surface area contributed by atoms with Gasteiger partial charge in [-0.25, -0.2) is 4.39 Å². The van der Waals surface area contributed by atoms with Gasteiger partial charge in [-0.05, 0) is 46.0 Å². The third kappa shape index (κ3) is 3.12. The molecule has 0 aliphatic rings. The molecule has 0 saturated carbocycles. The third-order valence-electron chi connectivity index (χ3n) is 3.09. The molecule has 6 heteroatoms. The Kier molecular flexibility index (Phi) is 4.01. The predicted molar refractivity (Wildman–Crippen MR) is 83.4 cm³/mol. The van der Waals surface area contributed by atoms with Crippen LogP contribution in [0.3, 0.4) is 0 Å². The fourth-order valence-corrected chi connectivity index (χ4v) is 3.69. The van der Waals surface area contributed by atoms with Crippen LogP contribution in [0.1, 0.15) is 21.3 Å². The van der Waals surface area contributed by atoms with Crippen molar-refractivity contribution in [3.63, 3.8) is 0 Å². The van der Waals surface area contributed by atoms with Gasteiger partial charge in [0.2, 0.25) is 0 Å². The van der Waals surface area contributed by atoms with Gasteiger partial charge in [0.05, 0.1) is 11.0 Å². The molecule has 0 bridgehead atoms. The molecule has 2 N–H and O–H groups in total. The van der Waals surface area contributed by atoms with Gasteiger partial charge in [0.25, 0.3) is 5.91 Å². The van der Waals surface area contributed by atoms with Crippen molar-refractivity contribution in [1.82, 2.24) is 5.32 Å². The maximum absolute atomic E-state index is 13.1. The van der Waals surface area contributed by atoms with Crippen LogP contribution in [0.15, 0.2) is 41.1 Å². The number of aliphatic hydroxyl groups is 1. The first kappa shape index (κ1) is 14.2. The molecule has 2 aromatic heterocycles. The highest BCUT2D eigenvalue weighted by molar-refractivity contribution is 7.20. The number of aliphatic hydroxyl groups excluding tert-OH is 1. The molecular weight excluding hydrogens is 309 g/mol. The number of hydrogen-bond acceptors (Lipinski definition) is 4. The monoisotopic (exact) mass is 321 g/mol. The molecule has 0 spiro atoms. The number of carbonyl (C=O) groups is 1. The maximum Gasteiger partial charge on any atom is 0.261 e. The van der Waals surface area contributed by atoms with Crippen molar-refractivity contribution < 1.29 is 14.3 Å². The fraction of sp³-hybridized carbons (Fsp3) is 0.133. The van der Waals surface area contributed by atoms with E-state index in [2.05, 4.69) is 5.32 Å². The van der Waals surface area contributed by atoms with E-state index in [1.165, 1.54) is 34.8 Å².